The van der Waals surface area contributed by atoms with Crippen molar-refractivity contribution in [2.75, 3.05) is 0 Å². The molecule has 138 valence electrons. The first-order chi connectivity index (χ1) is 13.3. The minimum Gasteiger partial charge on any atom is -0.508 e. The number of hydrogen-bond donors (Lipinski definition) is 1. The van der Waals surface area contributed by atoms with Crippen LogP contribution in [0.2, 0.25) is 6.04 Å². The Morgan fingerprint density at radius 3 is 2.04 bits per heavy atom. The Hall–Kier alpha value is -2.32. The second-order valence-electron chi connectivity index (χ2n) is 7.03. The van der Waals surface area contributed by atoms with Crippen LogP contribution >= 0.6 is 0 Å². The summed E-state index contributed by atoms with van der Waals surface area (Å²) in [6, 6.07) is 29.0. The minimum atomic E-state index is 0.445. The Bertz CT molecular complexity index is 775. The molecule has 0 atom stereocenters. The monoisotopic (exact) mass is 372 g/mol. The van der Waals surface area contributed by atoms with Gasteiger partial charge >= 0.3 is 0 Å². The summed E-state index contributed by atoms with van der Waals surface area (Å²) >= 11 is 0. The number of aromatic hydroxyl groups is 1. The van der Waals surface area contributed by atoms with E-state index in [4.69, 9.17) is 0 Å². The van der Waals surface area contributed by atoms with Crippen LogP contribution < -0.4 is 0 Å². The Balaban J connectivity index is 1.68. The molecule has 27 heavy (non-hydrogen) atoms. The van der Waals surface area contributed by atoms with E-state index in [1.807, 2.05) is 6.07 Å². The van der Waals surface area contributed by atoms with Crippen LogP contribution in [0.15, 0.2) is 78.9 Å². The second kappa shape index (κ2) is 10.1. The van der Waals surface area contributed by atoms with Crippen LogP contribution in [0.3, 0.4) is 0 Å². The number of hydrogen-bond acceptors (Lipinski definition) is 1. The second-order valence-corrected chi connectivity index (χ2v) is 8.51. The molecule has 2 radical (unpaired) electrons. The summed E-state index contributed by atoms with van der Waals surface area (Å²) in [5.41, 5.74) is 5.70. The quantitative estimate of drug-likeness (QED) is 0.444. The van der Waals surface area contributed by atoms with Crippen LogP contribution in [0.25, 0.3) is 0 Å². The number of unbranched alkanes of at least 4 members (excludes halogenated alkanes) is 1. The molecule has 0 aliphatic heterocycles. The maximum atomic E-state index is 10.1. The predicted octanol–water partition coefficient (Wildman–Crippen LogP) is 6.19. The van der Waals surface area contributed by atoms with Crippen molar-refractivity contribution in [3.05, 3.63) is 101 Å². The van der Waals surface area contributed by atoms with Gasteiger partial charge in [0.05, 0.1) is 9.52 Å². The molecule has 0 amide bonds. The third-order valence-electron chi connectivity index (χ3n) is 4.97. The highest BCUT2D eigenvalue weighted by atomic mass is 28.2. The molecule has 0 saturated carbocycles. The van der Waals surface area contributed by atoms with Crippen LogP contribution in [-0.2, 0) is 12.8 Å². The van der Waals surface area contributed by atoms with Gasteiger partial charge < -0.3 is 5.11 Å². The highest BCUT2D eigenvalue weighted by molar-refractivity contribution is 6.39. The lowest BCUT2D eigenvalue weighted by molar-refractivity contribution is 0.466. The molecule has 0 fully saturated rings. The fourth-order valence-corrected chi connectivity index (χ4v) is 5.02. The summed E-state index contributed by atoms with van der Waals surface area (Å²) in [5, 5.41) is 10.1. The topological polar surface area (TPSA) is 20.2 Å². The van der Waals surface area contributed by atoms with E-state index in [0.717, 1.165) is 46.8 Å². The highest BCUT2D eigenvalue weighted by Crippen LogP contribution is 2.26. The highest BCUT2D eigenvalue weighted by Gasteiger charge is 2.14. The average Bonchev–Trinajstić information content (AvgIpc) is 2.72. The number of phenolic OH excluding ortho intramolecular Hbond substituents is 1. The van der Waals surface area contributed by atoms with Crippen molar-refractivity contribution >= 4 is 9.52 Å². The number of aryl methyl sites for hydroxylation is 2. The first kappa shape index (κ1) is 19.4. The molecule has 2 heteroatoms. The van der Waals surface area contributed by atoms with E-state index in [2.05, 4.69) is 79.7 Å². The smallest absolute Gasteiger partial charge is 0.118 e. The summed E-state index contributed by atoms with van der Waals surface area (Å²) in [7, 11) is 0.836. The third-order valence-corrected chi connectivity index (χ3v) is 6.59. The molecule has 0 aliphatic rings. The summed E-state index contributed by atoms with van der Waals surface area (Å²) in [6.07, 6.45) is 4.31. The van der Waals surface area contributed by atoms with E-state index in [0.29, 0.717) is 11.3 Å². The molecule has 0 spiro atoms. The summed E-state index contributed by atoms with van der Waals surface area (Å²) in [4.78, 5) is 0. The molecule has 1 nitrogen and oxygen atoms in total. The van der Waals surface area contributed by atoms with Crippen LogP contribution in [0.4, 0.5) is 0 Å². The Morgan fingerprint density at radius 1 is 0.815 bits per heavy atom. The standard InChI is InChI=1S/C25H28OSi/c1-2-3-10-23-19-20(15-16-24(23)26)17-18-27-25(21-11-6-4-7-12-21)22-13-8-5-9-14-22/h4-9,11-16,19,25-26H,2-3,10,17-18H2,1H3. The number of benzene rings is 3. The van der Waals surface area contributed by atoms with Crippen LogP contribution in [0.1, 0.15) is 47.6 Å². The van der Waals surface area contributed by atoms with Gasteiger partial charge in [0.25, 0.3) is 0 Å². The zero-order valence-electron chi connectivity index (χ0n) is 16.1. The van der Waals surface area contributed by atoms with Crippen LogP contribution in [0.5, 0.6) is 5.75 Å². The molecule has 1 N–H and O–H groups in total. The van der Waals surface area contributed by atoms with Crippen molar-refractivity contribution < 1.29 is 5.11 Å². The fraction of sp³-hybridized carbons (Fsp3) is 0.280. The molecule has 3 aromatic rings. The largest absolute Gasteiger partial charge is 0.508 e. The van der Waals surface area contributed by atoms with Gasteiger partial charge in [-0.2, -0.15) is 0 Å². The molecule has 0 aliphatic carbocycles. The van der Waals surface area contributed by atoms with Crippen LogP contribution in [-0.4, -0.2) is 14.6 Å². The van der Waals surface area contributed by atoms with Gasteiger partial charge in [-0.3, -0.25) is 0 Å². The number of phenols is 1. The Kier molecular flexibility index (Phi) is 7.29. The normalized spacial score (nSPS) is 11.0. The first-order valence-corrected chi connectivity index (χ1v) is 11.2. The Morgan fingerprint density at radius 2 is 1.44 bits per heavy atom. The van der Waals surface area contributed by atoms with Gasteiger partial charge in [0.2, 0.25) is 0 Å². The van der Waals surface area contributed by atoms with Crippen molar-refractivity contribution in [3.63, 3.8) is 0 Å². The van der Waals surface area contributed by atoms with Gasteiger partial charge in [0, 0.05) is 0 Å². The molecular weight excluding hydrogens is 344 g/mol. The maximum absolute atomic E-state index is 10.1. The van der Waals surface area contributed by atoms with E-state index in [1.165, 1.54) is 16.7 Å². The summed E-state index contributed by atoms with van der Waals surface area (Å²) in [5.74, 6) is 0.445. The Labute approximate surface area is 165 Å². The molecule has 0 aromatic heterocycles. The molecule has 3 rings (SSSR count). The van der Waals surface area contributed by atoms with Crippen molar-refractivity contribution in [1.29, 1.82) is 0 Å². The van der Waals surface area contributed by atoms with Gasteiger partial charge in [-0.15, -0.1) is 0 Å². The van der Waals surface area contributed by atoms with Crippen molar-refractivity contribution in [1.82, 2.24) is 0 Å². The SMILES string of the molecule is CCCCc1cc(CC[Si]C(c2ccccc2)c2ccccc2)ccc1O. The van der Waals surface area contributed by atoms with Crippen molar-refractivity contribution in [2.24, 2.45) is 0 Å². The van der Waals surface area contributed by atoms with Crippen molar-refractivity contribution in [2.45, 2.75) is 44.2 Å². The first-order valence-electron chi connectivity index (χ1n) is 9.92. The van der Waals surface area contributed by atoms with Gasteiger partial charge in [-0.1, -0.05) is 92.2 Å². The van der Waals surface area contributed by atoms with Crippen LogP contribution in [0, 0.1) is 0 Å². The summed E-state index contributed by atoms with van der Waals surface area (Å²) in [6.45, 7) is 2.19. The molecular formula is C25H28OSi. The van der Waals surface area contributed by atoms with E-state index in [9.17, 15) is 5.11 Å². The zero-order chi connectivity index (χ0) is 18.9. The lowest BCUT2D eigenvalue weighted by Crippen LogP contribution is -2.10. The molecule has 3 aromatic carbocycles. The molecule has 0 bridgehead atoms. The van der Waals surface area contributed by atoms with E-state index in [1.54, 1.807) is 0 Å². The number of rotatable bonds is 9. The van der Waals surface area contributed by atoms with Crippen molar-refractivity contribution in [3.8, 4) is 5.75 Å². The van der Waals surface area contributed by atoms with E-state index in [-0.39, 0.29) is 0 Å². The van der Waals surface area contributed by atoms with Gasteiger partial charge in [0.15, 0.2) is 0 Å². The third kappa shape index (κ3) is 5.57. The lowest BCUT2D eigenvalue weighted by atomic mass is 10.0. The van der Waals surface area contributed by atoms with Gasteiger partial charge in [-0.05, 0) is 53.1 Å². The maximum Gasteiger partial charge on any atom is 0.118 e. The molecule has 0 heterocycles. The zero-order valence-corrected chi connectivity index (χ0v) is 17.1. The van der Waals surface area contributed by atoms with Gasteiger partial charge in [0.1, 0.15) is 5.75 Å². The lowest BCUT2D eigenvalue weighted by Gasteiger charge is -2.17. The summed E-state index contributed by atoms with van der Waals surface area (Å²) < 4.78 is 0. The fourth-order valence-electron chi connectivity index (χ4n) is 3.44. The van der Waals surface area contributed by atoms with E-state index < -0.39 is 0 Å². The predicted molar refractivity (Wildman–Crippen MR) is 116 cm³/mol. The molecule has 0 unspecified atom stereocenters. The minimum absolute atomic E-state index is 0.445. The average molecular weight is 373 g/mol. The van der Waals surface area contributed by atoms with Gasteiger partial charge in [-0.25, -0.2) is 0 Å². The van der Waals surface area contributed by atoms with E-state index >= 15 is 0 Å². The molecule has 0 saturated heterocycles.